The number of hydrogen-bond acceptors (Lipinski definition) is 6. The molecule has 1 aromatic carbocycles. The van der Waals surface area contributed by atoms with Crippen LogP contribution < -0.4 is 0 Å². The van der Waals surface area contributed by atoms with Gasteiger partial charge in [0.1, 0.15) is 10.6 Å². The minimum absolute atomic E-state index is 0.0360. The Labute approximate surface area is 180 Å². The Kier molecular flexibility index (Phi) is 4.82. The topological polar surface area (TPSA) is 96.6 Å². The van der Waals surface area contributed by atoms with Gasteiger partial charge in [0, 0.05) is 37.3 Å². The normalized spacial score (nSPS) is 17.3. The maximum Gasteiger partial charge on any atom is 0.254 e. The molecule has 5 rings (SSSR count). The fraction of sp³-hybridized carbons (Fsp3) is 0.409. The van der Waals surface area contributed by atoms with Crippen LogP contribution in [0.15, 0.2) is 33.7 Å². The second-order valence-corrected chi connectivity index (χ2v) is 10.0. The number of hydrogen-bond donors (Lipinski definition) is 0. The van der Waals surface area contributed by atoms with Crippen LogP contribution in [-0.4, -0.2) is 59.8 Å². The van der Waals surface area contributed by atoms with Crippen molar-refractivity contribution in [3.63, 3.8) is 0 Å². The molecule has 2 aromatic heterocycles. The molecule has 2 aliphatic rings. The molecule has 0 radical (unpaired) electrons. The van der Waals surface area contributed by atoms with E-state index < -0.39 is 10.0 Å². The van der Waals surface area contributed by atoms with E-state index in [1.54, 1.807) is 18.7 Å². The smallest absolute Gasteiger partial charge is 0.254 e. The van der Waals surface area contributed by atoms with Crippen LogP contribution in [0.25, 0.3) is 10.9 Å². The number of nitrogens with zero attached hydrogens (tertiary/aromatic N) is 4. The van der Waals surface area contributed by atoms with Gasteiger partial charge in [-0.25, -0.2) is 8.42 Å². The van der Waals surface area contributed by atoms with Crippen molar-refractivity contribution in [2.24, 2.45) is 0 Å². The first kappa shape index (κ1) is 20.1. The molecule has 8 nitrogen and oxygen atoms in total. The van der Waals surface area contributed by atoms with Crippen LogP contribution in [0.4, 0.5) is 0 Å². The lowest BCUT2D eigenvalue weighted by Gasteiger charge is -2.34. The van der Waals surface area contributed by atoms with Crippen LogP contribution in [-0.2, 0) is 22.9 Å². The van der Waals surface area contributed by atoms with E-state index in [0.717, 1.165) is 47.0 Å². The van der Waals surface area contributed by atoms with E-state index in [2.05, 4.69) is 5.16 Å². The number of sulfonamides is 1. The first-order valence-corrected chi connectivity index (χ1v) is 11.9. The SMILES string of the molecule is Cc1noc(C)c1S(=O)(=O)N1CCN(C(=O)c2c3c(nc4ccccc24)CCC3)CC1. The van der Waals surface area contributed by atoms with Gasteiger partial charge in [0.05, 0.1) is 11.1 Å². The zero-order valence-electron chi connectivity index (χ0n) is 17.6. The van der Waals surface area contributed by atoms with Crippen LogP contribution in [0, 0.1) is 13.8 Å². The molecule has 3 heterocycles. The van der Waals surface area contributed by atoms with E-state index in [9.17, 15) is 13.2 Å². The van der Waals surface area contributed by atoms with Crippen molar-refractivity contribution in [1.82, 2.24) is 19.3 Å². The van der Waals surface area contributed by atoms with Crippen molar-refractivity contribution in [3.05, 3.63) is 52.5 Å². The van der Waals surface area contributed by atoms with Crippen molar-refractivity contribution in [3.8, 4) is 0 Å². The third-order valence-electron chi connectivity index (χ3n) is 6.22. The number of pyridine rings is 1. The molecule has 162 valence electrons. The number of fused-ring (bicyclic) bond motifs is 2. The monoisotopic (exact) mass is 440 g/mol. The van der Waals surface area contributed by atoms with E-state index in [1.165, 1.54) is 4.31 Å². The summed E-state index contributed by atoms with van der Waals surface area (Å²) in [5.74, 6) is 0.251. The number of aryl methyl sites for hydroxylation is 3. The number of amides is 1. The van der Waals surface area contributed by atoms with Crippen molar-refractivity contribution in [2.75, 3.05) is 26.2 Å². The predicted molar refractivity (Wildman–Crippen MR) is 114 cm³/mol. The molecule has 31 heavy (non-hydrogen) atoms. The van der Waals surface area contributed by atoms with Gasteiger partial charge >= 0.3 is 0 Å². The van der Waals surface area contributed by atoms with Crippen LogP contribution in [0.5, 0.6) is 0 Å². The lowest BCUT2D eigenvalue weighted by Crippen LogP contribution is -2.50. The van der Waals surface area contributed by atoms with Gasteiger partial charge in [-0.15, -0.1) is 0 Å². The third-order valence-corrected chi connectivity index (χ3v) is 8.37. The van der Waals surface area contributed by atoms with Crippen molar-refractivity contribution >= 4 is 26.8 Å². The molecule has 1 aliphatic carbocycles. The predicted octanol–water partition coefficient (Wildman–Crippen LogP) is 2.48. The van der Waals surface area contributed by atoms with Crippen LogP contribution in [0.2, 0.25) is 0 Å². The number of carbonyl (C=O) groups is 1. The molecule has 0 bridgehead atoms. The number of aromatic nitrogens is 2. The third kappa shape index (κ3) is 3.23. The zero-order valence-corrected chi connectivity index (χ0v) is 18.4. The molecule has 0 unspecified atom stereocenters. The minimum Gasteiger partial charge on any atom is -0.360 e. The summed E-state index contributed by atoms with van der Waals surface area (Å²) in [5.41, 5.74) is 4.00. The fourth-order valence-corrected chi connectivity index (χ4v) is 6.43. The van der Waals surface area contributed by atoms with E-state index in [4.69, 9.17) is 9.51 Å². The molecule has 0 saturated carbocycles. The number of benzene rings is 1. The zero-order chi connectivity index (χ0) is 21.8. The summed E-state index contributed by atoms with van der Waals surface area (Å²) in [4.78, 5) is 20.2. The molecule has 1 saturated heterocycles. The van der Waals surface area contributed by atoms with Crippen LogP contribution in [0.3, 0.4) is 0 Å². The summed E-state index contributed by atoms with van der Waals surface area (Å²) >= 11 is 0. The lowest BCUT2D eigenvalue weighted by molar-refractivity contribution is 0.0698. The molecular formula is C22H24N4O4S. The van der Waals surface area contributed by atoms with Gasteiger partial charge < -0.3 is 9.42 Å². The molecule has 3 aromatic rings. The van der Waals surface area contributed by atoms with Gasteiger partial charge in [-0.1, -0.05) is 23.4 Å². The average molecular weight is 441 g/mol. The van der Waals surface area contributed by atoms with Gasteiger partial charge in [-0.3, -0.25) is 9.78 Å². The number of para-hydroxylation sites is 1. The quantitative estimate of drug-likeness (QED) is 0.621. The highest BCUT2D eigenvalue weighted by Crippen LogP contribution is 2.31. The highest BCUT2D eigenvalue weighted by molar-refractivity contribution is 7.89. The second kappa shape index (κ2) is 7.42. The molecule has 0 spiro atoms. The molecule has 0 atom stereocenters. The highest BCUT2D eigenvalue weighted by Gasteiger charge is 2.35. The Bertz CT molecular complexity index is 1270. The Morgan fingerprint density at radius 3 is 2.52 bits per heavy atom. The standard InChI is InChI=1S/C22H24N4O4S/c1-14-21(15(2)30-24-14)31(28,29)26-12-10-25(11-13-26)22(27)20-16-6-3-4-8-18(16)23-19-9-5-7-17(19)20/h3-4,6,8H,5,7,9-13H2,1-2H3. The Morgan fingerprint density at radius 1 is 1.06 bits per heavy atom. The van der Waals surface area contributed by atoms with E-state index in [1.807, 2.05) is 24.3 Å². The summed E-state index contributed by atoms with van der Waals surface area (Å²) in [6, 6.07) is 7.75. The van der Waals surface area contributed by atoms with Gasteiger partial charge in [0.2, 0.25) is 10.0 Å². The Morgan fingerprint density at radius 2 is 1.81 bits per heavy atom. The van der Waals surface area contributed by atoms with Gasteiger partial charge in [0.15, 0.2) is 5.76 Å². The molecule has 1 aliphatic heterocycles. The van der Waals surface area contributed by atoms with E-state index in [-0.39, 0.29) is 29.7 Å². The largest absolute Gasteiger partial charge is 0.360 e. The molecule has 1 fully saturated rings. The molecule has 0 N–H and O–H groups in total. The van der Waals surface area contributed by atoms with Crippen LogP contribution in [0.1, 0.15) is 39.5 Å². The van der Waals surface area contributed by atoms with Crippen molar-refractivity contribution in [2.45, 2.75) is 38.0 Å². The maximum atomic E-state index is 13.6. The van der Waals surface area contributed by atoms with Gasteiger partial charge in [0.25, 0.3) is 5.91 Å². The summed E-state index contributed by atoms with van der Waals surface area (Å²) in [5, 5.41) is 4.65. The molecule has 1 amide bonds. The van der Waals surface area contributed by atoms with Crippen molar-refractivity contribution in [1.29, 1.82) is 0 Å². The molecular weight excluding hydrogens is 416 g/mol. The summed E-state index contributed by atoms with van der Waals surface area (Å²) in [6.07, 6.45) is 2.75. The number of carbonyl (C=O) groups excluding carboxylic acids is 1. The Hall–Kier alpha value is -2.78. The summed E-state index contributed by atoms with van der Waals surface area (Å²) in [7, 11) is -3.71. The van der Waals surface area contributed by atoms with Gasteiger partial charge in [-0.2, -0.15) is 4.31 Å². The van der Waals surface area contributed by atoms with Crippen LogP contribution >= 0.6 is 0 Å². The maximum absolute atomic E-state index is 13.6. The van der Waals surface area contributed by atoms with Gasteiger partial charge in [-0.05, 0) is 44.7 Å². The molecule has 9 heteroatoms. The lowest BCUT2D eigenvalue weighted by atomic mass is 10.00. The minimum atomic E-state index is -3.71. The van der Waals surface area contributed by atoms with Crippen molar-refractivity contribution < 1.29 is 17.7 Å². The number of piperazine rings is 1. The summed E-state index contributed by atoms with van der Waals surface area (Å²) < 4.78 is 32.6. The first-order valence-electron chi connectivity index (χ1n) is 10.5. The Balaban J connectivity index is 1.42. The fourth-order valence-electron chi connectivity index (χ4n) is 4.72. The number of rotatable bonds is 3. The highest BCUT2D eigenvalue weighted by atomic mass is 32.2. The van der Waals surface area contributed by atoms with E-state index >= 15 is 0 Å². The second-order valence-electron chi connectivity index (χ2n) is 8.13. The summed E-state index contributed by atoms with van der Waals surface area (Å²) in [6.45, 7) is 4.38. The average Bonchev–Trinajstić information content (AvgIpc) is 3.37. The first-order chi connectivity index (χ1) is 14.9. The van der Waals surface area contributed by atoms with E-state index in [0.29, 0.717) is 18.8 Å².